The molecule has 1 N–H and O–H groups in total. The van der Waals surface area contributed by atoms with Gasteiger partial charge < -0.3 is 19.5 Å². The van der Waals surface area contributed by atoms with Gasteiger partial charge >= 0.3 is 5.97 Å². The maximum atomic E-state index is 12.4. The van der Waals surface area contributed by atoms with Gasteiger partial charge in [-0.05, 0) is 19.4 Å². The average molecular weight is 392 g/mol. The van der Waals surface area contributed by atoms with Gasteiger partial charge in [0.15, 0.2) is 6.61 Å². The van der Waals surface area contributed by atoms with Crippen molar-refractivity contribution in [3.63, 3.8) is 0 Å². The Hall–Kier alpha value is -2.73. The number of rotatable bonds is 7. The van der Waals surface area contributed by atoms with Gasteiger partial charge in [0.2, 0.25) is 0 Å². The number of benzene rings is 2. The molecule has 6 nitrogen and oxygen atoms in total. The van der Waals surface area contributed by atoms with Crippen LogP contribution in [0.4, 0.5) is 5.69 Å². The minimum Gasteiger partial charge on any atom is -0.495 e. The van der Waals surface area contributed by atoms with E-state index in [2.05, 4.69) is 5.32 Å². The number of anilines is 1. The van der Waals surface area contributed by atoms with E-state index in [0.717, 1.165) is 5.56 Å². The number of esters is 1. The molecule has 2 aromatic carbocycles. The summed E-state index contributed by atoms with van der Waals surface area (Å²) in [5.74, 6) is -0.251. The van der Waals surface area contributed by atoms with Gasteiger partial charge in [-0.1, -0.05) is 41.9 Å². The van der Waals surface area contributed by atoms with E-state index in [1.165, 1.54) is 26.4 Å². The summed E-state index contributed by atoms with van der Waals surface area (Å²) in [6, 6.07) is 12.3. The van der Waals surface area contributed by atoms with Crippen molar-refractivity contribution in [3.05, 3.63) is 53.1 Å². The van der Waals surface area contributed by atoms with E-state index in [9.17, 15) is 9.59 Å². The Labute approximate surface area is 163 Å². The summed E-state index contributed by atoms with van der Waals surface area (Å²) in [6.07, 6.45) is 0. The van der Waals surface area contributed by atoms with Gasteiger partial charge in [0.1, 0.15) is 11.5 Å². The summed E-state index contributed by atoms with van der Waals surface area (Å²) in [7, 11) is 2.92. The van der Waals surface area contributed by atoms with Gasteiger partial charge in [-0.2, -0.15) is 0 Å². The smallest absolute Gasteiger partial charge is 0.316 e. The van der Waals surface area contributed by atoms with Crippen LogP contribution in [0.15, 0.2) is 42.5 Å². The van der Waals surface area contributed by atoms with Gasteiger partial charge in [-0.25, -0.2) is 0 Å². The van der Waals surface area contributed by atoms with E-state index in [-0.39, 0.29) is 0 Å². The molecule has 0 aliphatic carbocycles. The largest absolute Gasteiger partial charge is 0.495 e. The van der Waals surface area contributed by atoms with E-state index in [4.69, 9.17) is 25.8 Å². The van der Waals surface area contributed by atoms with Gasteiger partial charge in [-0.15, -0.1) is 0 Å². The first-order valence-corrected chi connectivity index (χ1v) is 8.61. The van der Waals surface area contributed by atoms with E-state index in [1.54, 1.807) is 13.8 Å². The van der Waals surface area contributed by atoms with Crippen LogP contribution in [0.2, 0.25) is 5.02 Å². The zero-order valence-corrected chi connectivity index (χ0v) is 16.4. The first kappa shape index (κ1) is 20.6. The zero-order valence-electron chi connectivity index (χ0n) is 15.7. The lowest BCUT2D eigenvalue weighted by molar-refractivity contribution is -0.152. The van der Waals surface area contributed by atoms with Crippen LogP contribution in [0.25, 0.3) is 0 Å². The van der Waals surface area contributed by atoms with Crippen molar-refractivity contribution in [1.29, 1.82) is 0 Å². The predicted octanol–water partition coefficient (Wildman–Crippen LogP) is 3.82. The third-order valence-electron chi connectivity index (χ3n) is 4.09. The lowest BCUT2D eigenvalue weighted by atomic mass is 9.85. The molecule has 0 saturated carbocycles. The highest BCUT2D eigenvalue weighted by Gasteiger charge is 2.31. The summed E-state index contributed by atoms with van der Waals surface area (Å²) in [6.45, 7) is 3.06. The number of carbonyl (C=O) groups is 2. The monoisotopic (exact) mass is 391 g/mol. The second-order valence-corrected chi connectivity index (χ2v) is 6.71. The minimum absolute atomic E-state index is 0.350. The molecule has 0 aromatic heterocycles. The molecule has 0 aliphatic heterocycles. The molecule has 0 spiro atoms. The fraction of sp³-hybridized carbons (Fsp3) is 0.300. The van der Waals surface area contributed by atoms with Gasteiger partial charge in [-0.3, -0.25) is 9.59 Å². The summed E-state index contributed by atoms with van der Waals surface area (Å²) in [5, 5.41) is 2.98. The van der Waals surface area contributed by atoms with E-state index < -0.39 is 23.9 Å². The van der Waals surface area contributed by atoms with Crippen molar-refractivity contribution >= 4 is 29.2 Å². The molecular weight excluding hydrogens is 370 g/mol. The minimum atomic E-state index is -0.872. The first-order chi connectivity index (χ1) is 12.8. The number of hydrogen-bond donors (Lipinski definition) is 1. The van der Waals surface area contributed by atoms with Crippen LogP contribution < -0.4 is 14.8 Å². The summed E-state index contributed by atoms with van der Waals surface area (Å²) in [4.78, 5) is 24.6. The van der Waals surface area contributed by atoms with Gasteiger partial charge in [0.05, 0.1) is 30.3 Å². The van der Waals surface area contributed by atoms with Crippen LogP contribution >= 0.6 is 11.6 Å². The van der Waals surface area contributed by atoms with Gasteiger partial charge in [0, 0.05) is 12.1 Å². The van der Waals surface area contributed by atoms with Crippen LogP contribution in [0.3, 0.4) is 0 Å². The Morgan fingerprint density at radius 1 is 1.04 bits per heavy atom. The van der Waals surface area contributed by atoms with Crippen LogP contribution in [-0.2, 0) is 19.7 Å². The van der Waals surface area contributed by atoms with Crippen molar-refractivity contribution in [2.45, 2.75) is 19.3 Å². The molecule has 0 radical (unpaired) electrons. The van der Waals surface area contributed by atoms with E-state index in [1.807, 2.05) is 30.3 Å². The van der Waals surface area contributed by atoms with Crippen LogP contribution in [0, 0.1) is 0 Å². The molecule has 1 amide bonds. The number of carbonyl (C=O) groups excluding carboxylic acids is 2. The number of nitrogens with one attached hydrogen (secondary N) is 1. The molecule has 0 fully saturated rings. The van der Waals surface area contributed by atoms with Crippen molar-refractivity contribution in [2.75, 3.05) is 26.1 Å². The molecule has 2 aromatic rings. The van der Waals surface area contributed by atoms with E-state index >= 15 is 0 Å². The van der Waals surface area contributed by atoms with Crippen LogP contribution in [0.1, 0.15) is 19.4 Å². The molecule has 0 heterocycles. The van der Waals surface area contributed by atoms with Crippen molar-refractivity contribution < 1.29 is 23.8 Å². The number of methoxy groups -OCH3 is 2. The van der Waals surface area contributed by atoms with E-state index in [0.29, 0.717) is 22.2 Å². The van der Waals surface area contributed by atoms with Crippen molar-refractivity contribution in [1.82, 2.24) is 0 Å². The highest BCUT2D eigenvalue weighted by molar-refractivity contribution is 6.32. The second-order valence-electron chi connectivity index (χ2n) is 6.30. The summed E-state index contributed by atoms with van der Waals surface area (Å²) < 4.78 is 15.5. The van der Waals surface area contributed by atoms with Crippen molar-refractivity contribution in [3.8, 4) is 11.5 Å². The molecule has 0 saturated heterocycles. The number of hydrogen-bond acceptors (Lipinski definition) is 5. The number of ether oxygens (including phenoxy) is 3. The van der Waals surface area contributed by atoms with Crippen LogP contribution in [0.5, 0.6) is 11.5 Å². The van der Waals surface area contributed by atoms with Gasteiger partial charge in [0.25, 0.3) is 5.91 Å². The Kier molecular flexibility index (Phi) is 6.69. The molecule has 7 heteroatoms. The molecular formula is C20H22ClNO5. The SMILES string of the molecule is COc1cc(NC(=O)COC(=O)C(C)(C)c2ccccc2)c(OC)cc1Cl. The molecule has 0 unspecified atom stereocenters. The molecule has 2 rings (SSSR count). The fourth-order valence-electron chi connectivity index (χ4n) is 2.43. The third-order valence-corrected chi connectivity index (χ3v) is 4.38. The predicted molar refractivity (Wildman–Crippen MR) is 104 cm³/mol. The normalized spacial score (nSPS) is 10.9. The topological polar surface area (TPSA) is 73.9 Å². The third kappa shape index (κ3) is 4.92. The highest BCUT2D eigenvalue weighted by Crippen LogP contribution is 2.35. The molecule has 27 heavy (non-hydrogen) atoms. The quantitative estimate of drug-likeness (QED) is 0.726. The maximum Gasteiger partial charge on any atom is 0.316 e. The Morgan fingerprint density at radius 3 is 2.26 bits per heavy atom. The van der Waals surface area contributed by atoms with Crippen molar-refractivity contribution in [2.24, 2.45) is 0 Å². The van der Waals surface area contributed by atoms with Crippen LogP contribution in [-0.4, -0.2) is 32.7 Å². The zero-order chi connectivity index (χ0) is 20.0. The molecule has 0 aliphatic rings. The fourth-order valence-corrected chi connectivity index (χ4v) is 2.66. The Morgan fingerprint density at radius 2 is 1.67 bits per heavy atom. The first-order valence-electron chi connectivity index (χ1n) is 8.23. The lowest BCUT2D eigenvalue weighted by Gasteiger charge is -2.23. The highest BCUT2D eigenvalue weighted by atomic mass is 35.5. The Bertz CT molecular complexity index is 821. The molecule has 0 bridgehead atoms. The summed E-state index contributed by atoms with van der Waals surface area (Å²) >= 11 is 6.04. The number of halogens is 1. The lowest BCUT2D eigenvalue weighted by Crippen LogP contribution is -2.33. The Balaban J connectivity index is 2.03. The molecule has 0 atom stereocenters. The standard InChI is InChI=1S/C20H22ClNO5/c1-20(2,13-8-6-5-7-9-13)19(24)27-12-18(23)22-15-11-16(25-3)14(21)10-17(15)26-4/h5-11H,12H2,1-4H3,(H,22,23). The number of amides is 1. The second kappa shape index (κ2) is 8.77. The average Bonchev–Trinajstić information content (AvgIpc) is 2.67. The summed E-state index contributed by atoms with van der Waals surface area (Å²) in [5.41, 5.74) is 0.296. The molecule has 144 valence electrons. The maximum absolute atomic E-state index is 12.4.